The minimum atomic E-state index is -3.75. The molecule has 1 unspecified atom stereocenters. The summed E-state index contributed by atoms with van der Waals surface area (Å²) in [6.07, 6.45) is 1.39. The van der Waals surface area contributed by atoms with E-state index in [9.17, 15) is 13.2 Å². The highest BCUT2D eigenvalue weighted by Crippen LogP contribution is 2.11. The Labute approximate surface area is 110 Å². The van der Waals surface area contributed by atoms with Crippen molar-refractivity contribution in [1.29, 1.82) is 0 Å². The molecule has 0 aliphatic rings. The largest absolute Gasteiger partial charge is 0.273 e. The van der Waals surface area contributed by atoms with Crippen molar-refractivity contribution in [2.24, 2.45) is 0 Å². The van der Waals surface area contributed by atoms with E-state index in [1.54, 1.807) is 18.2 Å². The van der Waals surface area contributed by atoms with Gasteiger partial charge in [-0.25, -0.2) is 13.1 Å². The Kier molecular flexibility index (Phi) is 5.14. The SMILES string of the molecule is CCCC(Br)C(=O)NS(=O)(=O)c1ccccc1. The number of rotatable bonds is 5. The van der Waals surface area contributed by atoms with Crippen molar-refractivity contribution in [3.63, 3.8) is 0 Å². The summed E-state index contributed by atoms with van der Waals surface area (Å²) < 4.78 is 25.6. The molecule has 0 spiro atoms. The number of carbonyl (C=O) groups is 1. The van der Waals surface area contributed by atoms with Crippen LogP contribution >= 0.6 is 15.9 Å². The highest BCUT2D eigenvalue weighted by Gasteiger charge is 2.21. The van der Waals surface area contributed by atoms with Crippen molar-refractivity contribution in [1.82, 2.24) is 4.72 Å². The Bertz CT molecular complexity index is 473. The first-order chi connectivity index (χ1) is 7.97. The van der Waals surface area contributed by atoms with Crippen molar-refractivity contribution in [3.8, 4) is 0 Å². The first kappa shape index (κ1) is 14.2. The van der Waals surface area contributed by atoms with Crippen LogP contribution in [0, 0.1) is 0 Å². The number of hydrogen-bond acceptors (Lipinski definition) is 3. The molecule has 0 saturated heterocycles. The number of sulfonamides is 1. The molecular weight excluding hydrogens is 306 g/mol. The number of amides is 1. The van der Waals surface area contributed by atoms with Crippen LogP contribution in [0.25, 0.3) is 0 Å². The Morgan fingerprint density at radius 3 is 2.47 bits per heavy atom. The molecule has 1 rings (SSSR count). The standard InChI is InChI=1S/C11H14BrNO3S/c1-2-6-10(12)11(14)13-17(15,16)9-7-4-3-5-8-9/h3-5,7-8,10H,2,6H2,1H3,(H,13,14). The summed E-state index contributed by atoms with van der Waals surface area (Å²) in [5.41, 5.74) is 0. The van der Waals surface area contributed by atoms with Gasteiger partial charge >= 0.3 is 0 Å². The summed E-state index contributed by atoms with van der Waals surface area (Å²) in [5, 5.41) is 0. The quantitative estimate of drug-likeness (QED) is 0.845. The molecule has 94 valence electrons. The molecule has 1 aromatic rings. The molecule has 0 fully saturated rings. The van der Waals surface area contributed by atoms with E-state index in [0.29, 0.717) is 6.42 Å². The summed E-state index contributed by atoms with van der Waals surface area (Å²) in [7, 11) is -3.75. The van der Waals surface area contributed by atoms with Crippen LogP contribution in [0.5, 0.6) is 0 Å². The summed E-state index contributed by atoms with van der Waals surface area (Å²) in [6.45, 7) is 1.92. The summed E-state index contributed by atoms with van der Waals surface area (Å²) in [5.74, 6) is -0.532. The second-order valence-corrected chi connectivity index (χ2v) is 6.33. The van der Waals surface area contributed by atoms with Gasteiger partial charge < -0.3 is 0 Å². The number of carbonyl (C=O) groups excluding carboxylic acids is 1. The van der Waals surface area contributed by atoms with Crippen molar-refractivity contribution in [3.05, 3.63) is 30.3 Å². The van der Waals surface area contributed by atoms with Gasteiger partial charge in [-0.3, -0.25) is 4.79 Å². The van der Waals surface area contributed by atoms with Crippen LogP contribution in [-0.2, 0) is 14.8 Å². The van der Waals surface area contributed by atoms with Gasteiger partial charge in [0.05, 0.1) is 9.72 Å². The van der Waals surface area contributed by atoms with Gasteiger partial charge in [-0.15, -0.1) is 0 Å². The lowest BCUT2D eigenvalue weighted by molar-refractivity contribution is -0.118. The molecule has 0 heterocycles. The molecule has 0 radical (unpaired) electrons. The Hall–Kier alpha value is -0.880. The molecular formula is C11H14BrNO3S. The maximum Gasteiger partial charge on any atom is 0.264 e. The summed E-state index contributed by atoms with van der Waals surface area (Å²) >= 11 is 3.15. The lowest BCUT2D eigenvalue weighted by atomic mass is 10.2. The Morgan fingerprint density at radius 2 is 1.94 bits per heavy atom. The first-order valence-corrected chi connectivity index (χ1v) is 7.63. The van der Waals surface area contributed by atoms with Crippen molar-refractivity contribution < 1.29 is 13.2 Å². The maximum absolute atomic E-state index is 11.8. The van der Waals surface area contributed by atoms with Gasteiger partial charge in [0.15, 0.2) is 0 Å². The molecule has 1 amide bonds. The monoisotopic (exact) mass is 319 g/mol. The fourth-order valence-corrected chi connectivity index (χ4v) is 3.00. The number of hydrogen-bond donors (Lipinski definition) is 1. The molecule has 0 aliphatic heterocycles. The first-order valence-electron chi connectivity index (χ1n) is 5.23. The molecule has 1 N–H and O–H groups in total. The zero-order valence-electron chi connectivity index (χ0n) is 9.39. The molecule has 17 heavy (non-hydrogen) atoms. The fraction of sp³-hybridized carbons (Fsp3) is 0.364. The molecule has 0 aromatic heterocycles. The van der Waals surface area contributed by atoms with E-state index < -0.39 is 20.8 Å². The van der Waals surface area contributed by atoms with Crippen molar-refractivity contribution in [2.75, 3.05) is 0 Å². The number of benzene rings is 1. The maximum atomic E-state index is 11.8. The second kappa shape index (κ2) is 6.16. The van der Waals surface area contributed by atoms with Gasteiger partial charge in [0, 0.05) is 0 Å². The minimum Gasteiger partial charge on any atom is -0.273 e. The molecule has 1 atom stereocenters. The molecule has 0 saturated carbocycles. The van der Waals surface area contributed by atoms with Crippen molar-refractivity contribution >= 4 is 31.9 Å². The van der Waals surface area contributed by atoms with E-state index in [2.05, 4.69) is 15.9 Å². The predicted molar refractivity (Wildman–Crippen MR) is 69.4 cm³/mol. The fourth-order valence-electron chi connectivity index (χ4n) is 1.24. The third kappa shape index (κ3) is 4.12. The smallest absolute Gasteiger partial charge is 0.264 e. The molecule has 0 aliphatic carbocycles. The lowest BCUT2D eigenvalue weighted by Gasteiger charge is -2.10. The zero-order chi connectivity index (χ0) is 12.9. The van der Waals surface area contributed by atoms with Gasteiger partial charge in [-0.05, 0) is 18.6 Å². The van der Waals surface area contributed by atoms with Crippen LogP contribution in [0.1, 0.15) is 19.8 Å². The third-order valence-corrected chi connectivity index (χ3v) is 4.35. The number of alkyl halides is 1. The zero-order valence-corrected chi connectivity index (χ0v) is 11.8. The van der Waals surface area contributed by atoms with Gasteiger partial charge in [0.1, 0.15) is 0 Å². The molecule has 1 aromatic carbocycles. The third-order valence-electron chi connectivity index (χ3n) is 2.12. The van der Waals surface area contributed by atoms with Gasteiger partial charge in [-0.1, -0.05) is 47.5 Å². The average Bonchev–Trinajstić information content (AvgIpc) is 2.30. The molecule has 6 heteroatoms. The van der Waals surface area contributed by atoms with E-state index in [4.69, 9.17) is 0 Å². The van der Waals surface area contributed by atoms with E-state index in [0.717, 1.165) is 6.42 Å². The van der Waals surface area contributed by atoms with Crippen LogP contribution < -0.4 is 4.72 Å². The van der Waals surface area contributed by atoms with Gasteiger partial charge in [0.25, 0.3) is 10.0 Å². The van der Waals surface area contributed by atoms with Crippen molar-refractivity contribution in [2.45, 2.75) is 29.5 Å². The van der Waals surface area contributed by atoms with Crippen LogP contribution in [0.3, 0.4) is 0 Å². The normalized spacial score (nSPS) is 13.1. The van der Waals surface area contributed by atoms with E-state index >= 15 is 0 Å². The van der Waals surface area contributed by atoms with Crippen LogP contribution in [-0.4, -0.2) is 19.2 Å². The second-order valence-electron chi connectivity index (χ2n) is 3.54. The van der Waals surface area contributed by atoms with E-state index in [1.807, 2.05) is 11.6 Å². The molecule has 0 bridgehead atoms. The topological polar surface area (TPSA) is 63.2 Å². The van der Waals surface area contributed by atoms with E-state index in [-0.39, 0.29) is 4.90 Å². The minimum absolute atomic E-state index is 0.0875. The predicted octanol–water partition coefficient (Wildman–Crippen LogP) is 2.06. The number of halogens is 1. The summed E-state index contributed by atoms with van der Waals surface area (Å²) in [4.78, 5) is 11.2. The number of nitrogens with one attached hydrogen (secondary N) is 1. The average molecular weight is 320 g/mol. The van der Waals surface area contributed by atoms with Crippen LogP contribution in [0.2, 0.25) is 0 Å². The summed E-state index contributed by atoms with van der Waals surface area (Å²) in [6, 6.07) is 7.82. The van der Waals surface area contributed by atoms with E-state index in [1.165, 1.54) is 12.1 Å². The van der Waals surface area contributed by atoms with Gasteiger partial charge in [0.2, 0.25) is 5.91 Å². The lowest BCUT2D eigenvalue weighted by Crippen LogP contribution is -2.36. The van der Waals surface area contributed by atoms with Crippen LogP contribution in [0.4, 0.5) is 0 Å². The molecule has 4 nitrogen and oxygen atoms in total. The highest BCUT2D eigenvalue weighted by atomic mass is 79.9. The van der Waals surface area contributed by atoms with Gasteiger partial charge in [-0.2, -0.15) is 0 Å². The highest BCUT2D eigenvalue weighted by molar-refractivity contribution is 9.10. The Morgan fingerprint density at radius 1 is 1.35 bits per heavy atom. The van der Waals surface area contributed by atoms with Crippen LogP contribution in [0.15, 0.2) is 35.2 Å². The Balaban J connectivity index is 2.78.